The molecular weight excluding hydrogens is 326 g/mol. The Morgan fingerprint density at radius 3 is 2.85 bits per heavy atom. The van der Waals surface area contributed by atoms with E-state index in [4.69, 9.17) is 4.98 Å². The maximum absolute atomic E-state index is 4.80. The van der Waals surface area contributed by atoms with Gasteiger partial charge in [0.15, 0.2) is 5.82 Å². The number of hydrogen-bond acceptors (Lipinski definition) is 6. The quantitative estimate of drug-likeness (QED) is 0.741. The molecule has 7 heteroatoms. The molecule has 0 spiro atoms. The molecule has 138 valence electrons. The summed E-state index contributed by atoms with van der Waals surface area (Å²) in [6, 6.07) is 4.60. The Balaban J connectivity index is 1.34. The van der Waals surface area contributed by atoms with E-state index in [1.54, 1.807) is 0 Å². The zero-order valence-electron chi connectivity index (χ0n) is 15.3. The van der Waals surface area contributed by atoms with Crippen LogP contribution in [-0.4, -0.2) is 46.3 Å². The van der Waals surface area contributed by atoms with Crippen molar-refractivity contribution in [3.8, 4) is 0 Å². The van der Waals surface area contributed by atoms with Gasteiger partial charge in [-0.2, -0.15) is 10.1 Å². The summed E-state index contributed by atoms with van der Waals surface area (Å²) in [5.41, 5.74) is 1.60. The number of H-pyrrole nitrogens is 1. The molecule has 2 saturated heterocycles. The van der Waals surface area contributed by atoms with Crippen molar-refractivity contribution in [3.05, 3.63) is 24.0 Å². The molecule has 7 nitrogen and oxygen atoms in total. The molecule has 0 amide bonds. The first kappa shape index (κ1) is 16.1. The number of nitrogens with zero attached hydrogens (tertiary/aromatic N) is 4. The van der Waals surface area contributed by atoms with Gasteiger partial charge in [-0.05, 0) is 51.6 Å². The monoisotopic (exact) mass is 353 g/mol. The summed E-state index contributed by atoms with van der Waals surface area (Å²) in [5, 5.41) is 14.2. The molecule has 2 saturated carbocycles. The smallest absolute Gasteiger partial charge is 0.227 e. The highest BCUT2D eigenvalue weighted by Gasteiger charge is 2.45. The van der Waals surface area contributed by atoms with E-state index >= 15 is 0 Å². The highest BCUT2D eigenvalue weighted by atomic mass is 15.3. The predicted octanol–water partition coefficient (Wildman–Crippen LogP) is 2.79. The van der Waals surface area contributed by atoms with E-state index in [2.05, 4.69) is 43.8 Å². The summed E-state index contributed by atoms with van der Waals surface area (Å²) < 4.78 is 0. The van der Waals surface area contributed by atoms with E-state index in [0.29, 0.717) is 17.4 Å². The van der Waals surface area contributed by atoms with Gasteiger partial charge in [0.25, 0.3) is 0 Å². The standard InChI is InChI=1S/C19H27N7/c1-20-11-19-7-4-14(5-8-19)26(12-19)18-21-9-6-16(23-18)22-17-10-15(24-25-17)13-2-3-13/h6,9-10,13-14,20H,2-5,7-8,11-12H2,1H3,(H2,21,22,23,24,25). The lowest BCUT2D eigenvalue weighted by atomic mass is 9.67. The van der Waals surface area contributed by atoms with Gasteiger partial charge >= 0.3 is 0 Å². The number of piperidine rings is 2. The molecule has 4 heterocycles. The first-order valence-corrected chi connectivity index (χ1v) is 9.81. The lowest BCUT2D eigenvalue weighted by Crippen LogP contribution is -2.57. The average Bonchev–Trinajstić information content (AvgIpc) is 3.42. The van der Waals surface area contributed by atoms with Gasteiger partial charge in [0, 0.05) is 48.4 Å². The number of nitrogens with one attached hydrogen (secondary N) is 3. The van der Waals surface area contributed by atoms with Crippen LogP contribution in [0.15, 0.2) is 18.3 Å². The first-order valence-electron chi connectivity index (χ1n) is 9.81. The van der Waals surface area contributed by atoms with Crippen molar-refractivity contribution in [2.24, 2.45) is 5.41 Å². The fraction of sp³-hybridized carbons (Fsp3) is 0.632. The van der Waals surface area contributed by atoms with Crippen molar-refractivity contribution in [2.75, 3.05) is 30.4 Å². The van der Waals surface area contributed by atoms with Crippen LogP contribution >= 0.6 is 0 Å². The molecule has 26 heavy (non-hydrogen) atoms. The molecule has 2 aromatic rings. The zero-order chi connectivity index (χ0) is 17.6. The molecule has 0 atom stereocenters. The molecule has 3 N–H and O–H groups in total. The number of hydrogen-bond donors (Lipinski definition) is 3. The molecule has 0 unspecified atom stereocenters. The highest BCUT2D eigenvalue weighted by Crippen LogP contribution is 2.45. The molecule has 6 rings (SSSR count). The Kier molecular flexibility index (Phi) is 3.85. The third-order valence-corrected chi connectivity index (χ3v) is 6.28. The topological polar surface area (TPSA) is 81.8 Å². The highest BCUT2D eigenvalue weighted by molar-refractivity contribution is 5.54. The molecular formula is C19H27N7. The SMILES string of the molecule is CNCC12CCC(CC1)N(c1nccc(Nc3cc(C4CC4)[nH]n3)n1)C2. The lowest BCUT2D eigenvalue weighted by Gasteiger charge is -2.53. The van der Waals surface area contributed by atoms with E-state index in [1.165, 1.54) is 44.2 Å². The van der Waals surface area contributed by atoms with Crippen LogP contribution in [0, 0.1) is 5.41 Å². The van der Waals surface area contributed by atoms with Gasteiger partial charge in [-0.15, -0.1) is 0 Å². The minimum absolute atomic E-state index is 0.373. The largest absolute Gasteiger partial charge is 0.337 e. The molecule has 2 aromatic heterocycles. The molecule has 4 fully saturated rings. The summed E-state index contributed by atoms with van der Waals surface area (Å²) in [4.78, 5) is 11.8. The third kappa shape index (κ3) is 2.94. The van der Waals surface area contributed by atoms with Crippen LogP contribution in [0.25, 0.3) is 0 Å². The third-order valence-electron chi connectivity index (χ3n) is 6.28. The van der Waals surface area contributed by atoms with Crippen LogP contribution in [0.2, 0.25) is 0 Å². The second kappa shape index (κ2) is 6.23. The fourth-order valence-corrected chi connectivity index (χ4v) is 4.71. The number of fused-ring (bicyclic) bond motifs is 3. The Morgan fingerprint density at radius 1 is 1.23 bits per heavy atom. The second-order valence-electron chi connectivity index (χ2n) is 8.24. The lowest BCUT2D eigenvalue weighted by molar-refractivity contribution is 0.123. The second-order valence-corrected chi connectivity index (χ2v) is 8.24. The molecule has 0 aromatic carbocycles. The van der Waals surface area contributed by atoms with E-state index in [1.807, 2.05) is 12.3 Å². The van der Waals surface area contributed by atoms with Crippen molar-refractivity contribution in [2.45, 2.75) is 50.5 Å². The molecule has 4 aliphatic rings. The zero-order valence-corrected chi connectivity index (χ0v) is 15.3. The summed E-state index contributed by atoms with van der Waals surface area (Å²) in [7, 11) is 2.06. The number of aromatic nitrogens is 4. The normalized spacial score (nSPS) is 27.7. The van der Waals surface area contributed by atoms with Gasteiger partial charge in [0.1, 0.15) is 5.82 Å². The Labute approximate surface area is 154 Å². The van der Waals surface area contributed by atoms with Crippen molar-refractivity contribution >= 4 is 17.6 Å². The predicted molar refractivity (Wildman–Crippen MR) is 102 cm³/mol. The van der Waals surface area contributed by atoms with Crippen LogP contribution in [-0.2, 0) is 0 Å². The van der Waals surface area contributed by atoms with Crippen molar-refractivity contribution in [1.29, 1.82) is 0 Å². The maximum atomic E-state index is 4.80. The van der Waals surface area contributed by atoms with Gasteiger partial charge in [-0.3, -0.25) is 5.10 Å². The average molecular weight is 353 g/mol. The van der Waals surface area contributed by atoms with E-state index in [-0.39, 0.29) is 0 Å². The van der Waals surface area contributed by atoms with Gasteiger partial charge in [0.2, 0.25) is 5.95 Å². The van der Waals surface area contributed by atoms with Gasteiger partial charge < -0.3 is 15.5 Å². The Morgan fingerprint density at radius 2 is 2.08 bits per heavy atom. The van der Waals surface area contributed by atoms with Gasteiger partial charge in [0.05, 0.1) is 0 Å². The first-order chi connectivity index (χ1) is 12.7. The van der Waals surface area contributed by atoms with Crippen molar-refractivity contribution in [3.63, 3.8) is 0 Å². The van der Waals surface area contributed by atoms with Gasteiger partial charge in [-0.25, -0.2) is 4.98 Å². The van der Waals surface area contributed by atoms with Crippen molar-refractivity contribution < 1.29 is 0 Å². The van der Waals surface area contributed by atoms with E-state index in [9.17, 15) is 0 Å². The summed E-state index contributed by atoms with van der Waals surface area (Å²) in [6.45, 7) is 2.13. The minimum atomic E-state index is 0.373. The number of anilines is 3. The fourth-order valence-electron chi connectivity index (χ4n) is 4.71. The Hall–Kier alpha value is -2.15. The number of rotatable bonds is 6. The molecule has 2 aliphatic heterocycles. The minimum Gasteiger partial charge on any atom is -0.337 e. The van der Waals surface area contributed by atoms with Crippen LogP contribution < -0.4 is 15.5 Å². The van der Waals surface area contributed by atoms with E-state index in [0.717, 1.165) is 30.7 Å². The maximum Gasteiger partial charge on any atom is 0.227 e. The van der Waals surface area contributed by atoms with Crippen LogP contribution in [0.3, 0.4) is 0 Å². The summed E-state index contributed by atoms with van der Waals surface area (Å²) in [6.07, 6.45) is 9.49. The van der Waals surface area contributed by atoms with Gasteiger partial charge in [-0.1, -0.05) is 0 Å². The molecule has 0 radical (unpaired) electrons. The molecule has 2 bridgehead atoms. The van der Waals surface area contributed by atoms with Crippen LogP contribution in [0.1, 0.15) is 50.1 Å². The Bertz CT molecular complexity index is 768. The summed E-state index contributed by atoms with van der Waals surface area (Å²) in [5.74, 6) is 3.17. The molecule has 2 aliphatic carbocycles. The van der Waals surface area contributed by atoms with Crippen molar-refractivity contribution in [1.82, 2.24) is 25.5 Å². The summed E-state index contributed by atoms with van der Waals surface area (Å²) >= 11 is 0. The van der Waals surface area contributed by atoms with E-state index < -0.39 is 0 Å². The van der Waals surface area contributed by atoms with Crippen LogP contribution in [0.5, 0.6) is 0 Å². The van der Waals surface area contributed by atoms with Crippen LogP contribution in [0.4, 0.5) is 17.6 Å². The number of aromatic amines is 1.